The molecule has 1 N–H and O–H groups in total. The van der Waals surface area contributed by atoms with E-state index in [0.717, 1.165) is 0 Å². The molecule has 2 amide bonds. The Kier molecular flexibility index (Phi) is 5.51. The van der Waals surface area contributed by atoms with Crippen molar-refractivity contribution >= 4 is 17.8 Å². The lowest BCUT2D eigenvalue weighted by molar-refractivity contribution is -0.137. The maximum atomic E-state index is 12.0. The highest BCUT2D eigenvalue weighted by Crippen LogP contribution is 2.32. The summed E-state index contributed by atoms with van der Waals surface area (Å²) in [7, 11) is 1.47. The molecule has 0 atom stereocenters. The third-order valence-electron chi connectivity index (χ3n) is 3.26. The van der Waals surface area contributed by atoms with Crippen molar-refractivity contribution < 1.29 is 28.6 Å². The Morgan fingerprint density at radius 1 is 1.20 bits per heavy atom. The lowest BCUT2D eigenvalue weighted by atomic mass is 10.1. The number of nitrogens with zero attached hydrogens (tertiary/aromatic N) is 1. The third-order valence-corrected chi connectivity index (χ3v) is 3.26. The van der Waals surface area contributed by atoms with E-state index >= 15 is 0 Å². The summed E-state index contributed by atoms with van der Waals surface area (Å²) in [5, 5.41) is 2.75. The van der Waals surface area contributed by atoms with Gasteiger partial charge in [-0.3, -0.25) is 9.59 Å². The molecule has 1 heterocycles. The molecule has 0 spiro atoms. The first-order chi connectivity index (χ1) is 11.7. The topological polar surface area (TPSA) is 94.2 Å². The molecule has 0 saturated heterocycles. The fourth-order valence-corrected chi connectivity index (χ4v) is 2.11. The normalized spacial score (nSPS) is 12.5. The number of hydrogen-bond donors (Lipinski definition) is 1. The Morgan fingerprint density at radius 2 is 1.88 bits per heavy atom. The molecular weight excluding hydrogens is 328 g/mol. The van der Waals surface area contributed by atoms with Crippen LogP contribution in [-0.4, -0.2) is 55.2 Å². The van der Waals surface area contributed by atoms with Crippen LogP contribution >= 0.6 is 0 Å². The highest BCUT2D eigenvalue weighted by molar-refractivity contribution is 5.92. The van der Waals surface area contributed by atoms with Gasteiger partial charge in [0.2, 0.25) is 12.7 Å². The summed E-state index contributed by atoms with van der Waals surface area (Å²) in [5.74, 6) is -0.406. The fourth-order valence-electron chi connectivity index (χ4n) is 2.11. The number of rotatable bonds is 5. The predicted octanol–water partition coefficient (Wildman–Crippen LogP) is 0.945. The van der Waals surface area contributed by atoms with Crippen molar-refractivity contribution in [1.29, 1.82) is 0 Å². The van der Waals surface area contributed by atoms with Gasteiger partial charge < -0.3 is 24.4 Å². The first-order valence-corrected chi connectivity index (χ1v) is 7.77. The van der Waals surface area contributed by atoms with E-state index in [9.17, 15) is 14.4 Å². The van der Waals surface area contributed by atoms with Gasteiger partial charge >= 0.3 is 5.97 Å². The van der Waals surface area contributed by atoms with E-state index in [1.54, 1.807) is 6.07 Å². The maximum absolute atomic E-state index is 12.0. The molecule has 8 nitrogen and oxygen atoms in total. The average Bonchev–Trinajstić information content (AvgIpc) is 2.97. The number of carbonyl (C=O) groups is 3. The van der Waals surface area contributed by atoms with Gasteiger partial charge in [0, 0.05) is 12.6 Å². The van der Waals surface area contributed by atoms with Gasteiger partial charge in [0.1, 0.15) is 0 Å². The number of likely N-dealkylation sites (N-methyl/N-ethyl adjacent to an activating group) is 1. The van der Waals surface area contributed by atoms with Crippen molar-refractivity contribution in [3.63, 3.8) is 0 Å². The number of ether oxygens (including phenoxy) is 3. The zero-order valence-corrected chi connectivity index (χ0v) is 14.8. The van der Waals surface area contributed by atoms with Crippen LogP contribution in [0.5, 0.6) is 11.5 Å². The van der Waals surface area contributed by atoms with Gasteiger partial charge in [0.25, 0.3) is 5.91 Å². The Hall–Kier alpha value is -2.77. The van der Waals surface area contributed by atoms with Crippen LogP contribution in [0.25, 0.3) is 0 Å². The molecule has 0 aliphatic carbocycles. The van der Waals surface area contributed by atoms with Crippen molar-refractivity contribution in [3.8, 4) is 11.5 Å². The fraction of sp³-hybridized carbons (Fsp3) is 0.471. The molecule has 1 aromatic rings. The number of hydrogen-bond acceptors (Lipinski definition) is 6. The van der Waals surface area contributed by atoms with Crippen LogP contribution in [0.4, 0.5) is 0 Å². The Balaban J connectivity index is 1.82. The summed E-state index contributed by atoms with van der Waals surface area (Å²) in [6.45, 7) is 5.08. The summed E-state index contributed by atoms with van der Waals surface area (Å²) in [6, 6.07) is 4.63. The van der Waals surface area contributed by atoms with Gasteiger partial charge in [0.05, 0.1) is 12.1 Å². The summed E-state index contributed by atoms with van der Waals surface area (Å²) in [4.78, 5) is 37.0. The molecule has 1 aliphatic heterocycles. The Morgan fingerprint density at radius 3 is 2.56 bits per heavy atom. The first kappa shape index (κ1) is 18.6. The van der Waals surface area contributed by atoms with Crippen LogP contribution < -0.4 is 14.8 Å². The van der Waals surface area contributed by atoms with Crippen molar-refractivity contribution in [2.45, 2.75) is 26.3 Å². The smallest absolute Gasteiger partial charge is 0.338 e. The SMILES string of the molecule is CN(CC(=O)NC(C)(C)C)C(=O)COC(=O)c1ccc2c(c1)OCO2. The standard InChI is InChI=1S/C17H22N2O6/c1-17(2,3)18-14(20)8-19(4)15(21)9-23-16(22)11-5-6-12-13(7-11)25-10-24-12/h5-7H,8-10H2,1-4H3,(H,18,20). The summed E-state index contributed by atoms with van der Waals surface area (Å²) >= 11 is 0. The molecule has 0 saturated carbocycles. The van der Waals surface area contributed by atoms with E-state index < -0.39 is 18.5 Å². The second kappa shape index (κ2) is 7.42. The Bertz CT molecular complexity index is 680. The maximum Gasteiger partial charge on any atom is 0.338 e. The van der Waals surface area contributed by atoms with E-state index in [0.29, 0.717) is 11.5 Å². The quantitative estimate of drug-likeness (QED) is 0.795. The van der Waals surface area contributed by atoms with Gasteiger partial charge in [-0.25, -0.2) is 4.79 Å². The summed E-state index contributed by atoms with van der Waals surface area (Å²) in [6.07, 6.45) is 0. The molecule has 0 aromatic heterocycles. The van der Waals surface area contributed by atoms with Crippen molar-refractivity contribution in [3.05, 3.63) is 23.8 Å². The molecule has 1 aliphatic rings. The van der Waals surface area contributed by atoms with Crippen LogP contribution in [0.3, 0.4) is 0 Å². The molecule has 2 rings (SSSR count). The first-order valence-electron chi connectivity index (χ1n) is 7.77. The van der Waals surface area contributed by atoms with Crippen molar-refractivity contribution in [2.75, 3.05) is 27.0 Å². The number of nitrogens with one attached hydrogen (secondary N) is 1. The summed E-state index contributed by atoms with van der Waals surface area (Å²) < 4.78 is 15.3. The molecule has 8 heteroatoms. The minimum atomic E-state index is -0.654. The number of esters is 1. The Labute approximate surface area is 146 Å². The monoisotopic (exact) mass is 350 g/mol. The number of carbonyl (C=O) groups excluding carboxylic acids is 3. The second-order valence-corrected chi connectivity index (χ2v) is 6.69. The molecule has 0 radical (unpaired) electrons. The molecule has 25 heavy (non-hydrogen) atoms. The van der Waals surface area contributed by atoms with Gasteiger partial charge in [-0.15, -0.1) is 0 Å². The third kappa shape index (κ3) is 5.37. The number of amides is 2. The van der Waals surface area contributed by atoms with Gasteiger partial charge in [-0.2, -0.15) is 0 Å². The lowest BCUT2D eigenvalue weighted by Gasteiger charge is -2.23. The van der Waals surface area contributed by atoms with Crippen LogP contribution in [0.2, 0.25) is 0 Å². The van der Waals surface area contributed by atoms with Crippen LogP contribution in [0.15, 0.2) is 18.2 Å². The van der Waals surface area contributed by atoms with Gasteiger partial charge in [-0.05, 0) is 39.0 Å². The molecule has 0 bridgehead atoms. The van der Waals surface area contributed by atoms with E-state index in [-0.39, 0.29) is 30.3 Å². The van der Waals surface area contributed by atoms with Gasteiger partial charge in [0.15, 0.2) is 18.1 Å². The molecule has 136 valence electrons. The van der Waals surface area contributed by atoms with E-state index in [1.165, 1.54) is 24.1 Å². The van der Waals surface area contributed by atoms with E-state index in [2.05, 4.69) is 5.32 Å². The summed E-state index contributed by atoms with van der Waals surface area (Å²) in [5.41, 5.74) is -0.127. The van der Waals surface area contributed by atoms with Crippen molar-refractivity contribution in [2.24, 2.45) is 0 Å². The minimum Gasteiger partial charge on any atom is -0.454 e. The molecular formula is C17H22N2O6. The van der Waals surface area contributed by atoms with Crippen LogP contribution in [-0.2, 0) is 14.3 Å². The van der Waals surface area contributed by atoms with Crippen LogP contribution in [0.1, 0.15) is 31.1 Å². The van der Waals surface area contributed by atoms with Crippen LogP contribution in [0, 0.1) is 0 Å². The highest BCUT2D eigenvalue weighted by atomic mass is 16.7. The molecule has 1 aromatic carbocycles. The van der Waals surface area contributed by atoms with Gasteiger partial charge in [-0.1, -0.05) is 0 Å². The highest BCUT2D eigenvalue weighted by Gasteiger charge is 2.20. The lowest BCUT2D eigenvalue weighted by Crippen LogP contribution is -2.46. The minimum absolute atomic E-state index is 0.105. The number of benzene rings is 1. The largest absolute Gasteiger partial charge is 0.454 e. The average molecular weight is 350 g/mol. The second-order valence-electron chi connectivity index (χ2n) is 6.69. The molecule has 0 unspecified atom stereocenters. The molecule has 0 fully saturated rings. The zero-order chi connectivity index (χ0) is 18.6. The zero-order valence-electron chi connectivity index (χ0n) is 14.8. The predicted molar refractivity (Wildman–Crippen MR) is 88.4 cm³/mol. The van der Waals surface area contributed by atoms with E-state index in [4.69, 9.17) is 14.2 Å². The van der Waals surface area contributed by atoms with Crippen molar-refractivity contribution in [1.82, 2.24) is 10.2 Å². The number of fused-ring (bicyclic) bond motifs is 1. The van der Waals surface area contributed by atoms with E-state index in [1.807, 2.05) is 20.8 Å².